The molecule has 2 aromatic rings. The molecule has 0 spiro atoms. The van der Waals surface area contributed by atoms with E-state index in [4.69, 9.17) is 16.6 Å². The normalized spacial score (nSPS) is 19.6. The summed E-state index contributed by atoms with van der Waals surface area (Å²) in [6.45, 7) is 4.29. The number of alkyl halides is 1. The second-order valence-corrected chi connectivity index (χ2v) is 8.94. The zero-order chi connectivity index (χ0) is 24.9. The number of aliphatic carboxylic acids is 1. The number of hydrogen-bond acceptors (Lipinski definition) is 5. The van der Waals surface area contributed by atoms with Crippen LogP contribution in [0.2, 0.25) is 0 Å². The topological polar surface area (TPSA) is 119 Å². The molecule has 0 radical (unpaired) electrons. The second kappa shape index (κ2) is 10.7. The lowest BCUT2D eigenvalue weighted by atomic mass is 9.99. The molecule has 0 saturated carbocycles. The van der Waals surface area contributed by atoms with Crippen molar-refractivity contribution in [2.75, 3.05) is 5.32 Å². The van der Waals surface area contributed by atoms with E-state index in [1.807, 2.05) is 17.0 Å². The van der Waals surface area contributed by atoms with Crippen molar-refractivity contribution < 1.29 is 24.6 Å². The maximum absolute atomic E-state index is 12.6. The number of amides is 1. The Labute approximate surface area is 203 Å². The molecule has 9 heteroatoms. The number of carbonyl (C=O) groups excluding carboxylic acids is 1. The van der Waals surface area contributed by atoms with Gasteiger partial charge in [0.2, 0.25) is 0 Å². The van der Waals surface area contributed by atoms with Crippen molar-refractivity contribution in [3.05, 3.63) is 65.2 Å². The average Bonchev–Trinajstić information content (AvgIpc) is 3.02. The van der Waals surface area contributed by atoms with Gasteiger partial charge in [-0.3, -0.25) is 14.6 Å². The number of carboxylic acid groups (broad SMARTS) is 2. The van der Waals surface area contributed by atoms with Crippen LogP contribution in [0.25, 0.3) is 0 Å². The van der Waals surface area contributed by atoms with E-state index in [0.29, 0.717) is 18.7 Å². The first-order chi connectivity index (χ1) is 16.1. The van der Waals surface area contributed by atoms with Crippen LogP contribution >= 0.6 is 11.6 Å². The van der Waals surface area contributed by atoms with Crippen molar-refractivity contribution in [1.29, 1.82) is 0 Å². The molecule has 2 aromatic carbocycles. The van der Waals surface area contributed by atoms with Crippen LogP contribution in [0, 0.1) is 0 Å². The van der Waals surface area contributed by atoms with Crippen LogP contribution in [0.4, 0.5) is 5.69 Å². The largest absolute Gasteiger partial charge is 0.481 e. The average molecular weight is 486 g/mol. The van der Waals surface area contributed by atoms with Crippen molar-refractivity contribution in [3.63, 3.8) is 0 Å². The Hall–Kier alpha value is -3.39. The van der Waals surface area contributed by atoms with Crippen LogP contribution in [0.3, 0.4) is 0 Å². The lowest BCUT2D eigenvalue weighted by Crippen LogP contribution is -2.42. The van der Waals surface area contributed by atoms with E-state index in [9.17, 15) is 24.6 Å². The molecule has 0 bridgehead atoms. The predicted octanol–water partition coefficient (Wildman–Crippen LogP) is 4.84. The van der Waals surface area contributed by atoms with Crippen LogP contribution in [0.5, 0.6) is 0 Å². The third-order valence-corrected chi connectivity index (χ3v) is 6.44. The Kier molecular flexibility index (Phi) is 7.94. The Balaban J connectivity index is 1.73. The van der Waals surface area contributed by atoms with E-state index >= 15 is 0 Å². The first-order valence-corrected chi connectivity index (χ1v) is 11.5. The molecule has 3 N–H and O–H groups in total. The monoisotopic (exact) mass is 485 g/mol. The van der Waals surface area contributed by atoms with E-state index in [1.165, 1.54) is 12.1 Å². The molecule has 2 unspecified atom stereocenters. The fourth-order valence-corrected chi connectivity index (χ4v) is 4.28. The van der Waals surface area contributed by atoms with Gasteiger partial charge in [-0.1, -0.05) is 49.2 Å². The number of carboxylic acids is 2. The number of aromatic carboxylic acids is 1. The fraction of sp³-hybridized carbons (Fsp3) is 0.360. The summed E-state index contributed by atoms with van der Waals surface area (Å²) in [5.74, 6) is -1.83. The van der Waals surface area contributed by atoms with Gasteiger partial charge in [-0.2, -0.15) is 0 Å². The SMILES string of the molecule is CCCCC1=NC(C)(CC(=O)O)C(Cl)N1Cc1ccc(NC(=O)c2ccccc2C(=O)O)cc1. The van der Waals surface area contributed by atoms with Crippen LogP contribution in [-0.2, 0) is 11.3 Å². The van der Waals surface area contributed by atoms with Crippen molar-refractivity contribution >= 4 is 41.0 Å². The molecule has 0 aliphatic carbocycles. The zero-order valence-corrected chi connectivity index (χ0v) is 19.9. The Morgan fingerprint density at radius 3 is 2.32 bits per heavy atom. The molecule has 180 valence electrons. The number of hydrogen-bond donors (Lipinski definition) is 3. The van der Waals surface area contributed by atoms with Gasteiger partial charge in [0.05, 0.1) is 17.5 Å². The van der Waals surface area contributed by atoms with Crippen molar-refractivity contribution in [3.8, 4) is 0 Å². The summed E-state index contributed by atoms with van der Waals surface area (Å²) < 4.78 is 0. The molecule has 1 aliphatic rings. The van der Waals surface area contributed by atoms with Crippen LogP contribution in [0.15, 0.2) is 53.5 Å². The Morgan fingerprint density at radius 1 is 1.09 bits per heavy atom. The minimum absolute atomic E-state index is 0.0675. The number of aliphatic imine (C=N–C) groups is 1. The van der Waals surface area contributed by atoms with Crippen molar-refractivity contribution in [2.24, 2.45) is 4.99 Å². The molecule has 3 rings (SSSR count). The van der Waals surface area contributed by atoms with E-state index in [2.05, 4.69) is 12.2 Å². The highest BCUT2D eigenvalue weighted by molar-refractivity contribution is 6.23. The van der Waals surface area contributed by atoms with Gasteiger partial charge in [-0.15, -0.1) is 0 Å². The molecule has 1 amide bonds. The van der Waals surface area contributed by atoms with E-state index in [1.54, 1.807) is 31.2 Å². The summed E-state index contributed by atoms with van der Waals surface area (Å²) in [6.07, 6.45) is 2.46. The first kappa shape index (κ1) is 25.2. The van der Waals surface area contributed by atoms with E-state index in [0.717, 1.165) is 24.2 Å². The molecule has 0 saturated heterocycles. The summed E-state index contributed by atoms with van der Waals surface area (Å²) in [6, 6.07) is 13.2. The molecule has 1 heterocycles. The molecule has 0 fully saturated rings. The molecule has 8 nitrogen and oxygen atoms in total. The molecule has 34 heavy (non-hydrogen) atoms. The van der Waals surface area contributed by atoms with Crippen LogP contribution in [-0.4, -0.2) is 49.8 Å². The second-order valence-electron chi connectivity index (χ2n) is 8.52. The molecule has 2 atom stereocenters. The van der Waals surface area contributed by atoms with Crippen molar-refractivity contribution in [2.45, 2.75) is 57.1 Å². The lowest BCUT2D eigenvalue weighted by molar-refractivity contribution is -0.138. The van der Waals surface area contributed by atoms with E-state index in [-0.39, 0.29) is 17.5 Å². The van der Waals surface area contributed by atoms with Crippen LogP contribution < -0.4 is 5.32 Å². The molecular weight excluding hydrogens is 458 g/mol. The molecule has 1 aliphatic heterocycles. The Bertz CT molecular complexity index is 1100. The molecular formula is C25H28ClN3O5. The number of nitrogens with zero attached hydrogens (tertiary/aromatic N) is 2. The van der Waals surface area contributed by atoms with Gasteiger partial charge in [-0.05, 0) is 43.2 Å². The summed E-state index contributed by atoms with van der Waals surface area (Å²) in [4.78, 5) is 42.0. The summed E-state index contributed by atoms with van der Waals surface area (Å²) in [5.41, 5.74) is -0.0612. The number of unbranched alkanes of at least 4 members (excludes halogenated alkanes) is 1. The quantitative estimate of drug-likeness (QED) is 0.327. The third kappa shape index (κ3) is 5.75. The van der Waals surface area contributed by atoms with Gasteiger partial charge in [0, 0.05) is 18.7 Å². The minimum atomic E-state index is -1.17. The number of rotatable bonds is 10. The number of anilines is 1. The smallest absolute Gasteiger partial charge is 0.336 e. The van der Waals surface area contributed by atoms with Gasteiger partial charge in [-0.25, -0.2) is 4.79 Å². The number of carbonyl (C=O) groups is 3. The lowest BCUT2D eigenvalue weighted by Gasteiger charge is -2.30. The van der Waals surface area contributed by atoms with E-state index < -0.39 is 28.9 Å². The third-order valence-electron chi connectivity index (χ3n) is 5.73. The highest BCUT2D eigenvalue weighted by atomic mass is 35.5. The van der Waals surface area contributed by atoms with Crippen LogP contribution in [0.1, 0.15) is 65.8 Å². The van der Waals surface area contributed by atoms with Crippen molar-refractivity contribution in [1.82, 2.24) is 4.90 Å². The summed E-state index contributed by atoms with van der Waals surface area (Å²) in [7, 11) is 0. The summed E-state index contributed by atoms with van der Waals surface area (Å²) in [5, 5.41) is 21.3. The predicted molar refractivity (Wildman–Crippen MR) is 131 cm³/mol. The highest BCUT2D eigenvalue weighted by Gasteiger charge is 2.45. The van der Waals surface area contributed by atoms with Gasteiger partial charge in [0.1, 0.15) is 16.9 Å². The highest BCUT2D eigenvalue weighted by Crippen LogP contribution is 2.36. The summed E-state index contributed by atoms with van der Waals surface area (Å²) >= 11 is 6.70. The number of benzene rings is 2. The number of halogens is 1. The Morgan fingerprint density at radius 2 is 1.74 bits per heavy atom. The van der Waals surface area contributed by atoms with Gasteiger partial charge in [0.25, 0.3) is 5.91 Å². The number of nitrogens with one attached hydrogen (secondary N) is 1. The minimum Gasteiger partial charge on any atom is -0.481 e. The zero-order valence-electron chi connectivity index (χ0n) is 19.1. The van der Waals surface area contributed by atoms with Gasteiger partial charge in [0.15, 0.2) is 0 Å². The number of amidine groups is 1. The van der Waals surface area contributed by atoms with Gasteiger partial charge >= 0.3 is 11.9 Å². The first-order valence-electron chi connectivity index (χ1n) is 11.1. The molecule has 0 aromatic heterocycles. The maximum atomic E-state index is 12.6. The maximum Gasteiger partial charge on any atom is 0.336 e. The standard InChI is InChI=1S/C25H28ClN3O5/c1-3-4-9-20-28-25(2,14-21(30)31)24(26)29(20)15-16-10-12-17(13-11-16)27-22(32)18-7-5-6-8-19(18)23(33)34/h5-8,10-13,24H,3-4,9,14-15H2,1-2H3,(H,27,32)(H,30,31)(H,33,34). The fourth-order valence-electron chi connectivity index (χ4n) is 3.97. The van der Waals surface area contributed by atoms with Gasteiger partial charge < -0.3 is 20.4 Å².